The van der Waals surface area contributed by atoms with E-state index in [1.54, 1.807) is 12.1 Å². The van der Waals surface area contributed by atoms with E-state index in [-0.39, 0.29) is 5.82 Å². The summed E-state index contributed by atoms with van der Waals surface area (Å²) in [5.74, 6) is 0.823. The molecule has 2 nitrogen and oxygen atoms in total. The van der Waals surface area contributed by atoms with Crippen molar-refractivity contribution in [3.05, 3.63) is 56.7 Å². The van der Waals surface area contributed by atoms with E-state index in [0.717, 1.165) is 10.0 Å². The summed E-state index contributed by atoms with van der Waals surface area (Å²) in [6.07, 6.45) is 0. The summed E-state index contributed by atoms with van der Waals surface area (Å²) in [6, 6.07) is 10.5. The number of nitrogens with one attached hydrogen (secondary N) is 1. The van der Waals surface area contributed by atoms with Crippen LogP contribution in [-0.4, -0.2) is 7.05 Å². The molecule has 0 bridgehead atoms. The van der Waals surface area contributed by atoms with Crippen molar-refractivity contribution in [1.82, 2.24) is 5.32 Å². The third-order valence-corrected chi connectivity index (χ3v) is 3.65. The fourth-order valence-electron chi connectivity index (χ4n) is 1.63. The molecule has 0 saturated heterocycles. The van der Waals surface area contributed by atoms with Gasteiger partial charge in [0.1, 0.15) is 17.3 Å². The van der Waals surface area contributed by atoms with Crippen molar-refractivity contribution in [3.63, 3.8) is 0 Å². The largest absolute Gasteiger partial charge is 0.457 e. The molecule has 2 rings (SSSR count). The van der Waals surface area contributed by atoms with Crippen LogP contribution in [0.1, 0.15) is 5.56 Å². The number of ether oxygens (including phenoxy) is 1. The molecule has 5 heteroatoms. The molecule has 2 aromatic rings. The van der Waals surface area contributed by atoms with E-state index in [2.05, 4.69) is 37.2 Å². The van der Waals surface area contributed by atoms with E-state index >= 15 is 0 Å². The number of benzene rings is 2. The average Bonchev–Trinajstić information content (AvgIpc) is 2.37. The number of halogens is 3. The van der Waals surface area contributed by atoms with Gasteiger partial charge >= 0.3 is 0 Å². The summed E-state index contributed by atoms with van der Waals surface area (Å²) >= 11 is 6.52. The monoisotopic (exact) mass is 387 g/mol. The van der Waals surface area contributed by atoms with Crippen molar-refractivity contribution in [3.8, 4) is 11.5 Å². The van der Waals surface area contributed by atoms with E-state index < -0.39 is 0 Å². The van der Waals surface area contributed by atoms with E-state index in [1.165, 1.54) is 6.07 Å². The molecule has 0 fully saturated rings. The van der Waals surface area contributed by atoms with Gasteiger partial charge in [0.15, 0.2) is 0 Å². The Morgan fingerprint density at radius 1 is 1.16 bits per heavy atom. The molecule has 0 atom stereocenters. The summed E-state index contributed by atoms with van der Waals surface area (Å²) in [6.45, 7) is 0.682. The zero-order chi connectivity index (χ0) is 13.8. The van der Waals surface area contributed by atoms with Crippen LogP contribution in [0.25, 0.3) is 0 Å². The Bertz CT molecular complexity index is 590. The van der Waals surface area contributed by atoms with Gasteiger partial charge in [-0.15, -0.1) is 0 Å². The van der Waals surface area contributed by atoms with Crippen LogP contribution >= 0.6 is 31.9 Å². The maximum atomic E-state index is 13.5. The molecule has 0 aliphatic rings. The minimum atomic E-state index is -0.345. The third kappa shape index (κ3) is 3.78. The van der Waals surface area contributed by atoms with Gasteiger partial charge in [0, 0.05) is 22.6 Å². The van der Waals surface area contributed by atoms with Crippen molar-refractivity contribution in [2.45, 2.75) is 6.54 Å². The third-order valence-electron chi connectivity index (χ3n) is 2.52. The van der Waals surface area contributed by atoms with Crippen LogP contribution < -0.4 is 10.1 Å². The van der Waals surface area contributed by atoms with Gasteiger partial charge < -0.3 is 10.1 Å². The van der Waals surface area contributed by atoms with E-state index in [4.69, 9.17) is 4.74 Å². The van der Waals surface area contributed by atoms with Gasteiger partial charge in [0.25, 0.3) is 0 Å². The van der Waals surface area contributed by atoms with Crippen molar-refractivity contribution in [2.75, 3.05) is 7.05 Å². The Morgan fingerprint density at radius 2 is 1.95 bits per heavy atom. The second-order valence-electron chi connectivity index (χ2n) is 3.96. The fraction of sp³-hybridized carbons (Fsp3) is 0.143. The molecule has 0 radical (unpaired) electrons. The van der Waals surface area contributed by atoms with Gasteiger partial charge in [-0.3, -0.25) is 0 Å². The molecule has 19 heavy (non-hydrogen) atoms. The molecule has 0 spiro atoms. The van der Waals surface area contributed by atoms with Crippen molar-refractivity contribution in [2.24, 2.45) is 0 Å². The topological polar surface area (TPSA) is 21.3 Å². The zero-order valence-electron chi connectivity index (χ0n) is 10.2. The molecule has 0 aliphatic carbocycles. The van der Waals surface area contributed by atoms with Crippen LogP contribution in [0, 0.1) is 5.82 Å². The maximum absolute atomic E-state index is 13.5. The summed E-state index contributed by atoms with van der Waals surface area (Å²) in [5, 5.41) is 3.07. The van der Waals surface area contributed by atoms with E-state index in [1.807, 2.05) is 25.2 Å². The highest BCUT2D eigenvalue weighted by Crippen LogP contribution is 2.30. The molecular weight excluding hydrogens is 377 g/mol. The van der Waals surface area contributed by atoms with Crippen LogP contribution in [0.15, 0.2) is 45.3 Å². The molecule has 1 N–H and O–H groups in total. The molecule has 0 amide bonds. The highest BCUT2D eigenvalue weighted by Gasteiger charge is 2.07. The quantitative estimate of drug-likeness (QED) is 0.807. The second-order valence-corrected chi connectivity index (χ2v) is 5.73. The zero-order valence-corrected chi connectivity index (χ0v) is 13.4. The number of hydrogen-bond donors (Lipinski definition) is 1. The van der Waals surface area contributed by atoms with Gasteiger partial charge in [-0.05, 0) is 47.2 Å². The lowest BCUT2D eigenvalue weighted by molar-refractivity contribution is 0.468. The SMILES string of the molecule is CNCc1ccc(Br)cc1Oc1ccc(Br)c(F)c1. The summed E-state index contributed by atoms with van der Waals surface area (Å²) < 4.78 is 20.5. The summed E-state index contributed by atoms with van der Waals surface area (Å²) in [4.78, 5) is 0. The Morgan fingerprint density at radius 3 is 2.63 bits per heavy atom. The van der Waals surface area contributed by atoms with Crippen LogP contribution in [-0.2, 0) is 6.54 Å². The molecule has 0 unspecified atom stereocenters. The van der Waals surface area contributed by atoms with Crippen LogP contribution in [0.4, 0.5) is 4.39 Å². The van der Waals surface area contributed by atoms with E-state index in [9.17, 15) is 4.39 Å². The Labute approximate surface area is 128 Å². The van der Waals surface area contributed by atoms with Crippen LogP contribution in [0.5, 0.6) is 11.5 Å². The lowest BCUT2D eigenvalue weighted by Crippen LogP contribution is -2.06. The average molecular weight is 389 g/mol. The molecule has 0 heterocycles. The molecule has 2 aromatic carbocycles. The number of rotatable bonds is 4. The molecular formula is C14H12Br2FNO. The first-order valence-corrected chi connectivity index (χ1v) is 7.24. The van der Waals surface area contributed by atoms with Crippen molar-refractivity contribution < 1.29 is 9.13 Å². The van der Waals surface area contributed by atoms with Gasteiger partial charge in [0.2, 0.25) is 0 Å². The Kier molecular flexibility index (Phi) is 4.96. The van der Waals surface area contributed by atoms with Gasteiger partial charge in [-0.25, -0.2) is 4.39 Å². The molecule has 0 saturated carbocycles. The maximum Gasteiger partial charge on any atom is 0.141 e. The minimum absolute atomic E-state index is 0.345. The second kappa shape index (κ2) is 6.50. The van der Waals surface area contributed by atoms with Crippen LogP contribution in [0.3, 0.4) is 0 Å². The highest BCUT2D eigenvalue weighted by molar-refractivity contribution is 9.10. The normalized spacial score (nSPS) is 10.5. The smallest absolute Gasteiger partial charge is 0.141 e. The van der Waals surface area contributed by atoms with Gasteiger partial charge in [-0.1, -0.05) is 22.0 Å². The lowest BCUT2D eigenvalue weighted by Gasteiger charge is -2.12. The summed E-state index contributed by atoms with van der Waals surface area (Å²) in [7, 11) is 1.87. The lowest BCUT2D eigenvalue weighted by atomic mass is 10.2. The molecule has 0 aromatic heterocycles. The van der Waals surface area contributed by atoms with Crippen molar-refractivity contribution in [1.29, 1.82) is 0 Å². The first-order chi connectivity index (χ1) is 9.10. The first-order valence-electron chi connectivity index (χ1n) is 5.66. The fourth-order valence-corrected chi connectivity index (χ4v) is 2.21. The predicted octanol–water partition coefficient (Wildman–Crippen LogP) is 4.86. The Balaban J connectivity index is 2.30. The van der Waals surface area contributed by atoms with Crippen LogP contribution in [0.2, 0.25) is 0 Å². The molecule has 0 aliphatic heterocycles. The number of hydrogen-bond acceptors (Lipinski definition) is 2. The Hall–Kier alpha value is -0.910. The summed E-state index contributed by atoms with van der Waals surface area (Å²) in [5.41, 5.74) is 1.01. The molecule has 100 valence electrons. The van der Waals surface area contributed by atoms with E-state index in [0.29, 0.717) is 22.5 Å². The predicted molar refractivity (Wildman–Crippen MR) is 81.1 cm³/mol. The van der Waals surface area contributed by atoms with Crippen molar-refractivity contribution >= 4 is 31.9 Å². The van der Waals surface area contributed by atoms with Gasteiger partial charge in [0.05, 0.1) is 4.47 Å². The van der Waals surface area contributed by atoms with Gasteiger partial charge in [-0.2, -0.15) is 0 Å². The highest BCUT2D eigenvalue weighted by atomic mass is 79.9. The minimum Gasteiger partial charge on any atom is -0.457 e. The standard InChI is InChI=1S/C14H12Br2FNO/c1-18-8-9-2-3-10(15)6-14(9)19-11-4-5-12(16)13(17)7-11/h2-7,18H,8H2,1H3. The first kappa shape index (κ1) is 14.5.